The van der Waals surface area contributed by atoms with E-state index >= 15 is 0 Å². The molecule has 2 heterocycles. The van der Waals surface area contributed by atoms with E-state index < -0.39 is 11.7 Å². The molecule has 2 N–H and O–H groups in total. The summed E-state index contributed by atoms with van der Waals surface area (Å²) in [5.74, 6) is 0. The Morgan fingerprint density at radius 3 is 2.71 bits per heavy atom. The molecule has 0 fully saturated rings. The van der Waals surface area contributed by atoms with Crippen molar-refractivity contribution in [2.45, 2.75) is 6.18 Å². The van der Waals surface area contributed by atoms with E-state index in [-0.39, 0.29) is 11.3 Å². The summed E-state index contributed by atoms with van der Waals surface area (Å²) in [4.78, 5) is 0. The molecule has 0 aliphatic heterocycles. The minimum atomic E-state index is -4.45. The third-order valence-corrected chi connectivity index (χ3v) is 1.65. The van der Waals surface area contributed by atoms with Crippen molar-refractivity contribution in [1.82, 2.24) is 20.0 Å². The minimum absolute atomic E-state index is 0.107. The maximum atomic E-state index is 12.3. The second-order valence-electron chi connectivity index (χ2n) is 2.63. The number of hydrogen-bond donors (Lipinski definition) is 1. The molecule has 0 aliphatic carbocycles. The van der Waals surface area contributed by atoms with E-state index in [1.165, 1.54) is 0 Å². The van der Waals surface area contributed by atoms with Crippen molar-refractivity contribution in [3.8, 4) is 0 Å². The van der Waals surface area contributed by atoms with E-state index in [1.54, 1.807) is 0 Å². The van der Waals surface area contributed by atoms with E-state index in [9.17, 15) is 13.2 Å². The van der Waals surface area contributed by atoms with Crippen molar-refractivity contribution in [3.05, 3.63) is 17.8 Å². The van der Waals surface area contributed by atoms with E-state index in [1.807, 2.05) is 0 Å². The highest BCUT2D eigenvalue weighted by Gasteiger charge is 2.31. The van der Waals surface area contributed by atoms with Crippen LogP contribution in [0.15, 0.2) is 12.3 Å². The van der Waals surface area contributed by atoms with Crippen LogP contribution < -0.4 is 5.73 Å². The van der Waals surface area contributed by atoms with Crippen LogP contribution in [0.5, 0.6) is 0 Å². The van der Waals surface area contributed by atoms with Crippen LogP contribution in [-0.4, -0.2) is 20.0 Å². The monoisotopic (exact) mass is 203 g/mol. The Balaban J connectivity index is 2.70. The van der Waals surface area contributed by atoms with Crippen LogP contribution in [0.1, 0.15) is 5.56 Å². The number of fused-ring (bicyclic) bond motifs is 1. The Morgan fingerprint density at radius 1 is 1.36 bits per heavy atom. The number of alkyl halides is 3. The van der Waals surface area contributed by atoms with Gasteiger partial charge in [0.1, 0.15) is 0 Å². The molecule has 0 saturated heterocycles. The van der Waals surface area contributed by atoms with Crippen LogP contribution in [0.2, 0.25) is 0 Å². The first-order valence-corrected chi connectivity index (χ1v) is 3.53. The molecule has 2 rings (SSSR count). The smallest absolute Gasteiger partial charge is 0.396 e. The molecule has 0 spiro atoms. The van der Waals surface area contributed by atoms with Crippen molar-refractivity contribution in [3.63, 3.8) is 0 Å². The fourth-order valence-corrected chi connectivity index (χ4v) is 1.03. The van der Waals surface area contributed by atoms with Crippen molar-refractivity contribution in [1.29, 1.82) is 0 Å². The topological polar surface area (TPSA) is 69.1 Å². The molecule has 2 aromatic heterocycles. The molecule has 0 radical (unpaired) electrons. The molecule has 0 aromatic carbocycles. The van der Waals surface area contributed by atoms with Gasteiger partial charge >= 0.3 is 6.18 Å². The van der Waals surface area contributed by atoms with Crippen LogP contribution in [-0.2, 0) is 6.18 Å². The van der Waals surface area contributed by atoms with Crippen LogP contribution >= 0.6 is 0 Å². The van der Waals surface area contributed by atoms with Gasteiger partial charge in [-0.15, -0.1) is 5.10 Å². The average molecular weight is 203 g/mol. The summed E-state index contributed by atoms with van der Waals surface area (Å²) in [6, 6.07) is 0.797. The number of nitrogens with two attached hydrogens (primary N) is 1. The van der Waals surface area contributed by atoms with Gasteiger partial charge in [-0.05, 0) is 16.5 Å². The predicted octanol–water partition coefficient (Wildman–Crippen LogP) is 0.725. The van der Waals surface area contributed by atoms with Gasteiger partial charge in [-0.2, -0.15) is 17.7 Å². The standard InChI is InChI=1S/C6H4F3N5/c7-6(8,9)3-1-4(10)5-11-12-13-14(5)2-3/h1-2H,10H2. The maximum absolute atomic E-state index is 12.3. The highest BCUT2D eigenvalue weighted by atomic mass is 19.4. The van der Waals surface area contributed by atoms with Gasteiger partial charge in [0.05, 0.1) is 11.3 Å². The van der Waals surface area contributed by atoms with Gasteiger partial charge in [0.15, 0.2) is 0 Å². The van der Waals surface area contributed by atoms with Gasteiger partial charge in [0.25, 0.3) is 0 Å². The van der Waals surface area contributed by atoms with Gasteiger partial charge in [0, 0.05) is 6.20 Å². The van der Waals surface area contributed by atoms with Crippen molar-refractivity contribution in [2.75, 3.05) is 5.73 Å². The fraction of sp³-hybridized carbons (Fsp3) is 0.167. The molecule has 5 nitrogen and oxygen atoms in total. The van der Waals surface area contributed by atoms with E-state index in [0.29, 0.717) is 0 Å². The predicted molar refractivity (Wildman–Crippen MR) is 40.2 cm³/mol. The number of rotatable bonds is 0. The Labute approximate surface area is 75.3 Å². The second kappa shape index (κ2) is 2.56. The fourth-order valence-electron chi connectivity index (χ4n) is 1.03. The Kier molecular flexibility index (Phi) is 1.60. The lowest BCUT2D eigenvalue weighted by atomic mass is 10.2. The Hall–Kier alpha value is -1.86. The summed E-state index contributed by atoms with van der Waals surface area (Å²) in [5, 5.41) is 9.98. The molecule has 2 aromatic rings. The summed E-state index contributed by atoms with van der Waals surface area (Å²) >= 11 is 0. The van der Waals surface area contributed by atoms with Gasteiger partial charge < -0.3 is 5.73 Å². The molecule has 0 unspecified atom stereocenters. The number of pyridine rings is 1. The van der Waals surface area contributed by atoms with Crippen LogP contribution in [0.25, 0.3) is 5.65 Å². The third-order valence-electron chi connectivity index (χ3n) is 1.65. The van der Waals surface area contributed by atoms with Gasteiger partial charge in [0.2, 0.25) is 5.65 Å². The number of hydrogen-bond acceptors (Lipinski definition) is 4. The van der Waals surface area contributed by atoms with Crippen molar-refractivity contribution in [2.24, 2.45) is 0 Å². The lowest BCUT2D eigenvalue weighted by Crippen LogP contribution is -2.08. The second-order valence-corrected chi connectivity index (χ2v) is 2.63. The molecular formula is C6H4F3N5. The molecule has 8 heteroatoms. The highest BCUT2D eigenvalue weighted by molar-refractivity contribution is 5.64. The number of aromatic nitrogens is 4. The van der Waals surface area contributed by atoms with E-state index in [2.05, 4.69) is 15.5 Å². The first-order valence-electron chi connectivity index (χ1n) is 3.53. The normalized spacial score (nSPS) is 12.2. The van der Waals surface area contributed by atoms with Gasteiger partial charge in [-0.3, -0.25) is 0 Å². The molecule has 0 atom stereocenters. The van der Waals surface area contributed by atoms with Crippen molar-refractivity contribution < 1.29 is 13.2 Å². The molecule has 0 aliphatic rings. The highest BCUT2D eigenvalue weighted by Crippen LogP contribution is 2.30. The summed E-state index contributed by atoms with van der Waals surface area (Å²) in [5.41, 5.74) is 4.46. The zero-order valence-electron chi connectivity index (χ0n) is 6.65. The molecule has 74 valence electrons. The number of nitrogens with zero attached hydrogens (tertiary/aromatic N) is 4. The first kappa shape index (κ1) is 8.73. The van der Waals surface area contributed by atoms with Gasteiger partial charge in [-0.25, -0.2) is 0 Å². The molecular weight excluding hydrogens is 199 g/mol. The van der Waals surface area contributed by atoms with E-state index in [4.69, 9.17) is 5.73 Å². The van der Waals surface area contributed by atoms with Crippen molar-refractivity contribution >= 4 is 11.3 Å². The quantitative estimate of drug-likeness (QED) is 0.685. The summed E-state index contributed by atoms with van der Waals surface area (Å²) in [6.45, 7) is 0. The van der Waals surface area contributed by atoms with Crippen LogP contribution in [0.4, 0.5) is 18.9 Å². The molecule has 14 heavy (non-hydrogen) atoms. The minimum Gasteiger partial charge on any atom is -0.396 e. The summed E-state index contributed by atoms with van der Waals surface area (Å²) in [6.07, 6.45) is -3.67. The first-order chi connectivity index (χ1) is 6.48. The largest absolute Gasteiger partial charge is 0.417 e. The summed E-state index contributed by atoms with van der Waals surface area (Å²) in [7, 11) is 0. The molecule has 0 bridgehead atoms. The van der Waals surface area contributed by atoms with E-state index in [0.717, 1.165) is 16.8 Å². The van der Waals surface area contributed by atoms with Gasteiger partial charge in [-0.1, -0.05) is 0 Å². The Bertz CT molecular complexity index is 474. The average Bonchev–Trinajstić information content (AvgIpc) is 2.50. The lowest BCUT2D eigenvalue weighted by molar-refractivity contribution is -0.137. The SMILES string of the molecule is Nc1cc(C(F)(F)F)cn2nnnc12. The Morgan fingerprint density at radius 2 is 2.07 bits per heavy atom. The number of tetrazole rings is 1. The number of anilines is 1. The maximum Gasteiger partial charge on any atom is 0.417 e. The third kappa shape index (κ3) is 1.24. The zero-order chi connectivity index (χ0) is 10.3. The number of nitrogen functional groups attached to an aromatic ring is 1. The number of halogens is 3. The lowest BCUT2D eigenvalue weighted by Gasteiger charge is -2.06. The molecule has 0 saturated carbocycles. The van der Waals surface area contributed by atoms with Crippen LogP contribution in [0, 0.1) is 0 Å². The zero-order valence-corrected chi connectivity index (χ0v) is 6.65. The summed E-state index contributed by atoms with van der Waals surface area (Å²) < 4.78 is 37.7. The molecule has 0 amide bonds. The van der Waals surface area contributed by atoms with Crippen LogP contribution in [0.3, 0.4) is 0 Å².